The summed E-state index contributed by atoms with van der Waals surface area (Å²) in [5.41, 5.74) is 1.19. The normalized spacial score (nSPS) is 22.6. The predicted octanol–water partition coefficient (Wildman–Crippen LogP) is 2.25. The highest BCUT2D eigenvalue weighted by molar-refractivity contribution is 5.82. The van der Waals surface area contributed by atoms with Gasteiger partial charge in [0.25, 0.3) is 0 Å². The lowest BCUT2D eigenvalue weighted by molar-refractivity contribution is -0.136. The van der Waals surface area contributed by atoms with Gasteiger partial charge < -0.3 is 15.2 Å². The van der Waals surface area contributed by atoms with Crippen LogP contribution in [0.5, 0.6) is 0 Å². The van der Waals surface area contributed by atoms with E-state index < -0.39 is 0 Å². The van der Waals surface area contributed by atoms with E-state index in [0.717, 1.165) is 25.1 Å². The molecule has 5 nitrogen and oxygen atoms in total. The van der Waals surface area contributed by atoms with Crippen LogP contribution < -0.4 is 5.32 Å². The number of nitrogens with zero attached hydrogens (tertiary/aromatic N) is 2. The SMILES string of the molecule is CNC1CCCC(c2ccccc2)N(Cc2ncc[nH]2)C1=O. The summed E-state index contributed by atoms with van der Waals surface area (Å²) in [5.74, 6) is 0.983. The first-order chi connectivity index (χ1) is 10.8. The van der Waals surface area contributed by atoms with E-state index >= 15 is 0 Å². The molecule has 1 saturated heterocycles. The van der Waals surface area contributed by atoms with Gasteiger partial charge in [0.05, 0.1) is 18.6 Å². The number of H-pyrrole nitrogens is 1. The minimum atomic E-state index is -0.108. The molecule has 3 rings (SSSR count). The van der Waals surface area contributed by atoms with Crippen LogP contribution in [0.3, 0.4) is 0 Å². The number of imidazole rings is 1. The minimum absolute atomic E-state index is 0.108. The van der Waals surface area contributed by atoms with Crippen molar-refractivity contribution in [2.75, 3.05) is 7.05 Å². The Kier molecular flexibility index (Phi) is 4.53. The van der Waals surface area contributed by atoms with E-state index in [1.54, 1.807) is 12.4 Å². The second-order valence-electron chi connectivity index (χ2n) is 5.70. The molecule has 5 heteroatoms. The maximum atomic E-state index is 12.9. The van der Waals surface area contributed by atoms with Crippen LogP contribution in [-0.4, -0.2) is 33.9 Å². The number of carbonyl (C=O) groups excluding carboxylic acids is 1. The van der Waals surface area contributed by atoms with Gasteiger partial charge >= 0.3 is 0 Å². The third-order valence-corrected chi connectivity index (χ3v) is 4.34. The number of hydrogen-bond donors (Lipinski definition) is 2. The Bertz CT molecular complexity index is 596. The van der Waals surface area contributed by atoms with Crippen molar-refractivity contribution in [2.24, 2.45) is 0 Å². The topological polar surface area (TPSA) is 61.0 Å². The number of likely N-dealkylation sites (tertiary alicyclic amines) is 1. The Balaban J connectivity index is 1.92. The van der Waals surface area contributed by atoms with Gasteiger partial charge in [0.1, 0.15) is 5.82 Å². The molecule has 0 bridgehead atoms. The van der Waals surface area contributed by atoms with E-state index in [1.165, 1.54) is 5.56 Å². The van der Waals surface area contributed by atoms with Crippen LogP contribution in [0.25, 0.3) is 0 Å². The first-order valence-electron chi connectivity index (χ1n) is 7.80. The van der Waals surface area contributed by atoms with Crippen LogP contribution in [0.2, 0.25) is 0 Å². The van der Waals surface area contributed by atoms with Crippen LogP contribution in [0.1, 0.15) is 36.7 Å². The van der Waals surface area contributed by atoms with Gasteiger partial charge in [0, 0.05) is 12.4 Å². The fourth-order valence-electron chi connectivity index (χ4n) is 3.17. The smallest absolute Gasteiger partial charge is 0.240 e. The van der Waals surface area contributed by atoms with Crippen molar-refractivity contribution >= 4 is 5.91 Å². The second kappa shape index (κ2) is 6.75. The number of hydrogen-bond acceptors (Lipinski definition) is 3. The molecule has 0 radical (unpaired) electrons. The van der Waals surface area contributed by atoms with Gasteiger partial charge in [0.2, 0.25) is 5.91 Å². The predicted molar refractivity (Wildman–Crippen MR) is 85.0 cm³/mol. The molecule has 1 aliphatic rings. The summed E-state index contributed by atoms with van der Waals surface area (Å²) in [6, 6.07) is 10.3. The van der Waals surface area contributed by atoms with Crippen molar-refractivity contribution < 1.29 is 4.79 Å². The van der Waals surface area contributed by atoms with Gasteiger partial charge in [-0.2, -0.15) is 0 Å². The van der Waals surface area contributed by atoms with Crippen LogP contribution in [0, 0.1) is 0 Å². The summed E-state index contributed by atoms with van der Waals surface area (Å²) in [6.45, 7) is 0.517. The highest BCUT2D eigenvalue weighted by Gasteiger charge is 2.33. The largest absolute Gasteiger partial charge is 0.347 e. The standard InChI is InChI=1S/C17H22N4O/c1-18-14-8-5-9-15(13-6-3-2-4-7-13)21(17(14)22)12-16-19-10-11-20-16/h2-4,6-7,10-11,14-15,18H,5,8-9,12H2,1H3,(H,19,20). The second-order valence-corrected chi connectivity index (χ2v) is 5.70. The monoisotopic (exact) mass is 298 g/mol. The van der Waals surface area contributed by atoms with Crippen molar-refractivity contribution in [1.82, 2.24) is 20.2 Å². The Morgan fingerprint density at radius 1 is 1.32 bits per heavy atom. The summed E-state index contributed by atoms with van der Waals surface area (Å²) in [4.78, 5) is 22.3. The molecule has 1 fully saturated rings. The third kappa shape index (κ3) is 3.04. The summed E-state index contributed by atoms with van der Waals surface area (Å²) < 4.78 is 0. The zero-order valence-corrected chi connectivity index (χ0v) is 12.8. The van der Waals surface area contributed by atoms with E-state index in [9.17, 15) is 4.79 Å². The molecule has 1 aromatic heterocycles. The molecule has 1 aliphatic heterocycles. The van der Waals surface area contributed by atoms with Gasteiger partial charge in [0.15, 0.2) is 0 Å². The minimum Gasteiger partial charge on any atom is -0.347 e. The lowest BCUT2D eigenvalue weighted by Crippen LogP contribution is -2.44. The van der Waals surface area contributed by atoms with Crippen LogP contribution in [-0.2, 0) is 11.3 Å². The number of aromatic amines is 1. The highest BCUT2D eigenvalue weighted by Crippen LogP contribution is 2.31. The van der Waals surface area contributed by atoms with Crippen molar-refractivity contribution in [3.63, 3.8) is 0 Å². The van der Waals surface area contributed by atoms with E-state index in [-0.39, 0.29) is 18.0 Å². The molecule has 116 valence electrons. The molecule has 2 unspecified atom stereocenters. The number of carbonyl (C=O) groups is 1. The Labute approximate surface area is 130 Å². The first-order valence-corrected chi connectivity index (χ1v) is 7.80. The summed E-state index contributed by atoms with van der Waals surface area (Å²) in [6.07, 6.45) is 6.42. The Morgan fingerprint density at radius 2 is 2.14 bits per heavy atom. The van der Waals surface area contributed by atoms with Crippen LogP contribution in [0.15, 0.2) is 42.7 Å². The highest BCUT2D eigenvalue weighted by atomic mass is 16.2. The van der Waals surface area contributed by atoms with E-state index in [4.69, 9.17) is 0 Å². The van der Waals surface area contributed by atoms with Gasteiger partial charge in [-0.25, -0.2) is 4.98 Å². The molecule has 1 amide bonds. The molecule has 0 spiro atoms. The maximum absolute atomic E-state index is 12.9. The molecule has 22 heavy (non-hydrogen) atoms. The van der Waals surface area contributed by atoms with Gasteiger partial charge in [-0.15, -0.1) is 0 Å². The zero-order valence-electron chi connectivity index (χ0n) is 12.8. The summed E-state index contributed by atoms with van der Waals surface area (Å²) in [5, 5.41) is 3.15. The quantitative estimate of drug-likeness (QED) is 0.910. The molecule has 2 heterocycles. The van der Waals surface area contributed by atoms with E-state index in [1.807, 2.05) is 30.1 Å². The number of benzene rings is 1. The first kappa shape index (κ1) is 14.8. The summed E-state index contributed by atoms with van der Waals surface area (Å²) in [7, 11) is 1.86. The molecular weight excluding hydrogens is 276 g/mol. The van der Waals surface area contributed by atoms with E-state index in [2.05, 4.69) is 27.4 Å². The number of nitrogens with one attached hydrogen (secondary N) is 2. The average molecular weight is 298 g/mol. The molecular formula is C17H22N4O. The van der Waals surface area contributed by atoms with Gasteiger partial charge in [-0.05, 0) is 31.9 Å². The molecule has 2 aromatic rings. The number of amides is 1. The van der Waals surface area contributed by atoms with Crippen molar-refractivity contribution in [1.29, 1.82) is 0 Å². The summed E-state index contributed by atoms with van der Waals surface area (Å²) >= 11 is 0. The maximum Gasteiger partial charge on any atom is 0.240 e. The lowest BCUT2D eigenvalue weighted by Gasteiger charge is -2.31. The lowest BCUT2D eigenvalue weighted by atomic mass is 10.0. The molecule has 2 atom stereocenters. The van der Waals surface area contributed by atoms with Crippen molar-refractivity contribution in [3.05, 3.63) is 54.1 Å². The van der Waals surface area contributed by atoms with Crippen LogP contribution in [0.4, 0.5) is 0 Å². The third-order valence-electron chi connectivity index (χ3n) is 4.34. The fourth-order valence-corrected chi connectivity index (χ4v) is 3.17. The number of aromatic nitrogens is 2. The molecule has 0 saturated carbocycles. The Morgan fingerprint density at radius 3 is 2.82 bits per heavy atom. The number of likely N-dealkylation sites (N-methyl/N-ethyl adjacent to an activating group) is 1. The average Bonchev–Trinajstić information content (AvgIpc) is 3.01. The van der Waals surface area contributed by atoms with E-state index in [0.29, 0.717) is 6.54 Å². The fraction of sp³-hybridized carbons (Fsp3) is 0.412. The Hall–Kier alpha value is -2.14. The van der Waals surface area contributed by atoms with Crippen LogP contribution >= 0.6 is 0 Å². The zero-order chi connectivity index (χ0) is 15.4. The van der Waals surface area contributed by atoms with Crippen molar-refractivity contribution in [2.45, 2.75) is 37.9 Å². The van der Waals surface area contributed by atoms with Gasteiger partial charge in [-0.3, -0.25) is 4.79 Å². The molecule has 2 N–H and O–H groups in total. The molecule has 1 aromatic carbocycles. The molecule has 0 aliphatic carbocycles. The van der Waals surface area contributed by atoms with Gasteiger partial charge in [-0.1, -0.05) is 30.3 Å². The van der Waals surface area contributed by atoms with Crippen molar-refractivity contribution in [3.8, 4) is 0 Å². The number of rotatable bonds is 4.